The van der Waals surface area contributed by atoms with Gasteiger partial charge in [-0.1, -0.05) is 42.0 Å². The van der Waals surface area contributed by atoms with Crippen molar-refractivity contribution in [3.05, 3.63) is 70.1 Å². The Bertz CT molecular complexity index is 839. The van der Waals surface area contributed by atoms with E-state index in [4.69, 9.17) is 4.74 Å². The molecule has 4 nitrogen and oxygen atoms in total. The minimum atomic E-state index is -0.247. The summed E-state index contributed by atoms with van der Waals surface area (Å²) in [5, 5.41) is -0.235. The zero-order valence-electron chi connectivity index (χ0n) is 15.1. The first-order chi connectivity index (χ1) is 12.4. The highest BCUT2D eigenvalue weighted by molar-refractivity contribution is 8.18. The second-order valence-corrected chi connectivity index (χ2v) is 7.48. The molecule has 3 rings (SSSR count). The van der Waals surface area contributed by atoms with Crippen molar-refractivity contribution in [3.63, 3.8) is 0 Å². The predicted molar refractivity (Wildman–Crippen MR) is 105 cm³/mol. The fourth-order valence-electron chi connectivity index (χ4n) is 2.58. The monoisotopic (exact) mass is 367 g/mol. The van der Waals surface area contributed by atoms with E-state index in [-0.39, 0.29) is 17.3 Å². The normalized spacial score (nSPS) is 16.0. The second-order valence-electron chi connectivity index (χ2n) is 6.49. The SMILES string of the molecule is Cc1ccc(CN2C(=O)S/C(=C\c3ccc(OC(C)C)cc3)C2=O)cc1. The van der Waals surface area contributed by atoms with Gasteiger partial charge in [0.05, 0.1) is 17.6 Å². The van der Waals surface area contributed by atoms with Crippen molar-refractivity contribution < 1.29 is 14.3 Å². The van der Waals surface area contributed by atoms with E-state index in [1.807, 2.05) is 69.3 Å². The summed E-state index contributed by atoms with van der Waals surface area (Å²) >= 11 is 0.981. The lowest BCUT2D eigenvalue weighted by Crippen LogP contribution is -2.27. The number of hydrogen-bond donors (Lipinski definition) is 0. The molecule has 2 aromatic carbocycles. The largest absolute Gasteiger partial charge is 0.491 e. The number of nitrogens with zero attached hydrogens (tertiary/aromatic N) is 1. The summed E-state index contributed by atoms with van der Waals surface area (Å²) in [6.45, 7) is 6.24. The Hall–Kier alpha value is -2.53. The van der Waals surface area contributed by atoms with Crippen LogP contribution in [0.3, 0.4) is 0 Å². The van der Waals surface area contributed by atoms with Crippen molar-refractivity contribution in [2.45, 2.75) is 33.4 Å². The van der Waals surface area contributed by atoms with Crippen LogP contribution < -0.4 is 4.74 Å². The topological polar surface area (TPSA) is 46.6 Å². The Labute approximate surface area is 157 Å². The molecule has 1 saturated heterocycles. The number of thioether (sulfide) groups is 1. The van der Waals surface area contributed by atoms with Crippen molar-refractivity contribution >= 4 is 29.0 Å². The smallest absolute Gasteiger partial charge is 0.293 e. The number of amides is 2. The standard InChI is InChI=1S/C21H21NO3S/c1-14(2)25-18-10-8-16(9-11-18)12-19-20(23)22(21(24)26-19)13-17-6-4-15(3)5-7-17/h4-12,14H,13H2,1-3H3/b19-12-. The zero-order chi connectivity index (χ0) is 18.7. The van der Waals surface area contributed by atoms with E-state index < -0.39 is 0 Å². The molecule has 2 amide bonds. The van der Waals surface area contributed by atoms with Gasteiger partial charge in [0.25, 0.3) is 11.1 Å². The Balaban J connectivity index is 1.73. The van der Waals surface area contributed by atoms with E-state index in [2.05, 4.69) is 0 Å². The van der Waals surface area contributed by atoms with Gasteiger partial charge in [0.15, 0.2) is 0 Å². The van der Waals surface area contributed by atoms with Crippen LogP contribution in [-0.4, -0.2) is 22.2 Å². The first-order valence-electron chi connectivity index (χ1n) is 8.50. The number of aryl methyl sites for hydroxylation is 1. The van der Waals surface area contributed by atoms with Gasteiger partial charge in [-0.2, -0.15) is 0 Å². The summed E-state index contributed by atoms with van der Waals surface area (Å²) in [6.07, 6.45) is 1.86. The Kier molecular flexibility index (Phi) is 5.47. The van der Waals surface area contributed by atoms with Gasteiger partial charge in [0.2, 0.25) is 0 Å². The number of carbonyl (C=O) groups is 2. The summed E-state index contributed by atoms with van der Waals surface area (Å²) in [5.74, 6) is 0.535. The van der Waals surface area contributed by atoms with Crippen LogP contribution in [0.1, 0.15) is 30.5 Å². The average Bonchev–Trinajstić information content (AvgIpc) is 2.85. The molecule has 0 N–H and O–H groups in total. The molecular formula is C21H21NO3S. The van der Waals surface area contributed by atoms with Gasteiger partial charge in [-0.05, 0) is 61.9 Å². The fraction of sp³-hybridized carbons (Fsp3) is 0.238. The van der Waals surface area contributed by atoms with Crippen LogP contribution in [0.4, 0.5) is 4.79 Å². The lowest BCUT2D eigenvalue weighted by atomic mass is 10.1. The molecule has 134 valence electrons. The summed E-state index contributed by atoms with van der Waals surface area (Å²) in [5.41, 5.74) is 2.95. The van der Waals surface area contributed by atoms with E-state index in [9.17, 15) is 9.59 Å². The van der Waals surface area contributed by atoms with E-state index in [0.717, 1.165) is 34.2 Å². The summed E-state index contributed by atoms with van der Waals surface area (Å²) < 4.78 is 5.61. The molecule has 0 unspecified atom stereocenters. The Morgan fingerprint density at radius 3 is 2.31 bits per heavy atom. The van der Waals surface area contributed by atoms with E-state index >= 15 is 0 Å². The molecule has 1 aliphatic heterocycles. The number of carbonyl (C=O) groups excluding carboxylic acids is 2. The lowest BCUT2D eigenvalue weighted by Gasteiger charge is -2.12. The molecule has 1 fully saturated rings. The molecule has 26 heavy (non-hydrogen) atoms. The van der Waals surface area contributed by atoms with Crippen molar-refractivity contribution in [3.8, 4) is 5.75 Å². The van der Waals surface area contributed by atoms with Crippen molar-refractivity contribution in [2.75, 3.05) is 0 Å². The number of imide groups is 1. The highest BCUT2D eigenvalue weighted by Crippen LogP contribution is 2.33. The van der Waals surface area contributed by atoms with Gasteiger partial charge >= 0.3 is 0 Å². The third-order valence-corrected chi connectivity index (χ3v) is 4.79. The van der Waals surface area contributed by atoms with Crippen LogP contribution in [0.25, 0.3) is 6.08 Å². The molecule has 0 aromatic heterocycles. The maximum absolute atomic E-state index is 12.6. The Morgan fingerprint density at radius 1 is 1.04 bits per heavy atom. The van der Waals surface area contributed by atoms with Crippen molar-refractivity contribution in [2.24, 2.45) is 0 Å². The first-order valence-corrected chi connectivity index (χ1v) is 9.31. The number of ether oxygens (including phenoxy) is 1. The zero-order valence-corrected chi connectivity index (χ0v) is 15.9. The second kappa shape index (κ2) is 7.79. The minimum Gasteiger partial charge on any atom is -0.491 e. The van der Waals surface area contributed by atoms with Crippen LogP contribution in [0.2, 0.25) is 0 Å². The molecule has 0 atom stereocenters. The van der Waals surface area contributed by atoms with E-state index in [1.54, 1.807) is 6.08 Å². The summed E-state index contributed by atoms with van der Waals surface area (Å²) in [7, 11) is 0. The molecule has 0 saturated carbocycles. The number of benzene rings is 2. The molecular weight excluding hydrogens is 346 g/mol. The lowest BCUT2D eigenvalue weighted by molar-refractivity contribution is -0.123. The first kappa shape index (κ1) is 18.3. The summed E-state index contributed by atoms with van der Waals surface area (Å²) in [4.78, 5) is 26.6. The van der Waals surface area contributed by atoms with E-state index in [0.29, 0.717) is 11.4 Å². The predicted octanol–water partition coefficient (Wildman–Crippen LogP) is 5.02. The minimum absolute atomic E-state index is 0.110. The molecule has 0 aliphatic carbocycles. The summed E-state index contributed by atoms with van der Waals surface area (Å²) in [6, 6.07) is 15.3. The fourth-order valence-corrected chi connectivity index (χ4v) is 3.42. The van der Waals surface area contributed by atoms with Gasteiger partial charge in [0.1, 0.15) is 5.75 Å². The number of hydrogen-bond acceptors (Lipinski definition) is 4. The third kappa shape index (κ3) is 4.35. The molecule has 1 aliphatic rings. The molecule has 5 heteroatoms. The van der Waals surface area contributed by atoms with Crippen molar-refractivity contribution in [1.82, 2.24) is 4.90 Å². The Morgan fingerprint density at radius 2 is 1.69 bits per heavy atom. The van der Waals surface area contributed by atoms with Crippen LogP contribution in [-0.2, 0) is 11.3 Å². The van der Waals surface area contributed by atoms with Gasteiger partial charge in [-0.3, -0.25) is 14.5 Å². The van der Waals surface area contributed by atoms with Crippen LogP contribution in [0, 0.1) is 6.92 Å². The maximum atomic E-state index is 12.6. The van der Waals surface area contributed by atoms with Crippen LogP contribution in [0.5, 0.6) is 5.75 Å². The highest BCUT2D eigenvalue weighted by Gasteiger charge is 2.34. The maximum Gasteiger partial charge on any atom is 0.293 e. The molecule has 0 bridgehead atoms. The highest BCUT2D eigenvalue weighted by atomic mass is 32.2. The van der Waals surface area contributed by atoms with Gasteiger partial charge in [-0.15, -0.1) is 0 Å². The van der Waals surface area contributed by atoms with Gasteiger partial charge in [-0.25, -0.2) is 0 Å². The van der Waals surface area contributed by atoms with Gasteiger partial charge < -0.3 is 4.74 Å². The van der Waals surface area contributed by atoms with Crippen molar-refractivity contribution in [1.29, 1.82) is 0 Å². The molecule has 2 aromatic rings. The quantitative estimate of drug-likeness (QED) is 0.696. The molecule has 0 radical (unpaired) electrons. The molecule has 1 heterocycles. The number of rotatable bonds is 5. The molecule has 0 spiro atoms. The van der Waals surface area contributed by atoms with Gasteiger partial charge in [0, 0.05) is 0 Å². The van der Waals surface area contributed by atoms with Crippen LogP contribution >= 0.6 is 11.8 Å². The average molecular weight is 367 g/mol. The third-order valence-electron chi connectivity index (χ3n) is 3.88. The van der Waals surface area contributed by atoms with E-state index in [1.165, 1.54) is 4.90 Å². The van der Waals surface area contributed by atoms with Crippen LogP contribution in [0.15, 0.2) is 53.4 Å².